The van der Waals surface area contributed by atoms with Crippen LogP contribution in [0.25, 0.3) is 0 Å². The Morgan fingerprint density at radius 1 is 1.04 bits per heavy atom. The number of sulfone groups is 1. The Hall–Kier alpha value is -2.32. The van der Waals surface area contributed by atoms with E-state index >= 15 is 0 Å². The third-order valence-electron chi connectivity index (χ3n) is 5.00. The van der Waals surface area contributed by atoms with Crippen molar-refractivity contribution in [1.29, 1.82) is 0 Å². The molecule has 5 nitrogen and oxygen atoms in total. The number of rotatable bonds is 6. The highest BCUT2D eigenvalue weighted by molar-refractivity contribution is 7.91. The second kappa shape index (κ2) is 8.36. The molecule has 2 aromatic carbocycles. The van der Waals surface area contributed by atoms with Crippen molar-refractivity contribution in [3.63, 3.8) is 0 Å². The summed E-state index contributed by atoms with van der Waals surface area (Å²) in [5.74, 6) is -1.76. The van der Waals surface area contributed by atoms with Gasteiger partial charge in [-0.3, -0.25) is 4.79 Å². The molecule has 0 unspecified atom stereocenters. The second-order valence-electron chi connectivity index (χ2n) is 6.70. The average molecular weight is 409 g/mol. The molecule has 1 saturated heterocycles. The SMILES string of the molecule is O=C(NCCS(=O)(=O)c1ccc(F)cc1)C1(c2ccccc2F)CCOCC1. The quantitative estimate of drug-likeness (QED) is 0.745. The first kappa shape index (κ1) is 20.4. The molecule has 0 aromatic heterocycles. The molecule has 0 aliphatic carbocycles. The summed E-state index contributed by atoms with van der Waals surface area (Å²) in [5, 5.41) is 2.64. The van der Waals surface area contributed by atoms with E-state index in [4.69, 9.17) is 4.74 Å². The Morgan fingerprint density at radius 2 is 1.68 bits per heavy atom. The summed E-state index contributed by atoms with van der Waals surface area (Å²) < 4.78 is 57.4. The van der Waals surface area contributed by atoms with Gasteiger partial charge in [-0.05, 0) is 43.2 Å². The summed E-state index contributed by atoms with van der Waals surface area (Å²) in [6, 6.07) is 10.6. The molecule has 1 fully saturated rings. The van der Waals surface area contributed by atoms with Gasteiger partial charge in [0.2, 0.25) is 5.91 Å². The smallest absolute Gasteiger partial charge is 0.230 e. The van der Waals surface area contributed by atoms with Gasteiger partial charge in [0.05, 0.1) is 16.1 Å². The molecule has 1 amide bonds. The number of amides is 1. The van der Waals surface area contributed by atoms with E-state index in [0.717, 1.165) is 12.1 Å². The molecule has 1 heterocycles. The fraction of sp³-hybridized carbons (Fsp3) is 0.350. The monoisotopic (exact) mass is 409 g/mol. The summed E-state index contributed by atoms with van der Waals surface area (Å²) in [5.41, 5.74) is -0.805. The van der Waals surface area contributed by atoms with Crippen LogP contribution in [0.3, 0.4) is 0 Å². The first-order chi connectivity index (χ1) is 13.3. The molecular formula is C20H21F2NO4S. The molecule has 1 aliphatic rings. The van der Waals surface area contributed by atoms with E-state index in [1.807, 2.05) is 0 Å². The van der Waals surface area contributed by atoms with E-state index in [2.05, 4.69) is 5.32 Å². The van der Waals surface area contributed by atoms with Crippen molar-refractivity contribution in [2.75, 3.05) is 25.5 Å². The van der Waals surface area contributed by atoms with Crippen LogP contribution in [0.2, 0.25) is 0 Å². The van der Waals surface area contributed by atoms with Gasteiger partial charge in [0.15, 0.2) is 9.84 Å². The maximum Gasteiger partial charge on any atom is 0.230 e. The van der Waals surface area contributed by atoms with Crippen molar-refractivity contribution in [1.82, 2.24) is 5.32 Å². The summed E-state index contributed by atoms with van der Waals surface area (Å²) in [7, 11) is -3.68. The Labute approximate surface area is 162 Å². The van der Waals surface area contributed by atoms with Crippen LogP contribution in [0.5, 0.6) is 0 Å². The van der Waals surface area contributed by atoms with Crippen LogP contribution in [0.15, 0.2) is 53.4 Å². The molecule has 0 bridgehead atoms. The van der Waals surface area contributed by atoms with Crippen molar-refractivity contribution >= 4 is 15.7 Å². The largest absolute Gasteiger partial charge is 0.381 e. The summed E-state index contributed by atoms with van der Waals surface area (Å²) in [6.07, 6.45) is 0.620. The van der Waals surface area contributed by atoms with Crippen LogP contribution in [0.4, 0.5) is 8.78 Å². The topological polar surface area (TPSA) is 72.5 Å². The van der Waals surface area contributed by atoms with Crippen LogP contribution < -0.4 is 5.32 Å². The lowest BCUT2D eigenvalue weighted by Crippen LogP contribution is -2.49. The van der Waals surface area contributed by atoms with Crippen molar-refractivity contribution in [3.05, 3.63) is 65.7 Å². The highest BCUT2D eigenvalue weighted by atomic mass is 32.2. The number of hydrogen-bond acceptors (Lipinski definition) is 4. The standard InChI is InChI=1S/C20H21F2NO4S/c21-15-5-7-16(8-6-15)28(25,26)14-11-23-19(24)20(9-12-27-13-10-20)17-3-1-2-4-18(17)22/h1-8H,9-14H2,(H,23,24). The Balaban J connectivity index is 1.73. The minimum Gasteiger partial charge on any atom is -0.381 e. The molecular weight excluding hydrogens is 388 g/mol. The molecule has 0 saturated carbocycles. The van der Waals surface area contributed by atoms with E-state index in [-0.39, 0.29) is 22.8 Å². The zero-order chi connectivity index (χ0) is 20.2. The molecule has 0 radical (unpaired) electrons. The molecule has 1 N–H and O–H groups in total. The van der Waals surface area contributed by atoms with Gasteiger partial charge in [-0.2, -0.15) is 0 Å². The Kier molecular flexibility index (Phi) is 6.10. The van der Waals surface area contributed by atoms with E-state index in [1.165, 1.54) is 18.2 Å². The Morgan fingerprint density at radius 3 is 2.32 bits per heavy atom. The van der Waals surface area contributed by atoms with Crippen LogP contribution in [-0.2, 0) is 24.8 Å². The molecule has 28 heavy (non-hydrogen) atoms. The highest BCUT2D eigenvalue weighted by Gasteiger charge is 2.43. The Bertz CT molecular complexity index is 939. The maximum absolute atomic E-state index is 14.4. The van der Waals surface area contributed by atoms with Gasteiger partial charge in [-0.1, -0.05) is 18.2 Å². The van der Waals surface area contributed by atoms with Gasteiger partial charge in [0.1, 0.15) is 11.6 Å². The van der Waals surface area contributed by atoms with E-state index in [0.29, 0.717) is 26.1 Å². The molecule has 2 aromatic rings. The minimum atomic E-state index is -3.68. The lowest BCUT2D eigenvalue weighted by atomic mass is 9.73. The van der Waals surface area contributed by atoms with Gasteiger partial charge >= 0.3 is 0 Å². The van der Waals surface area contributed by atoms with Crippen LogP contribution in [-0.4, -0.2) is 39.8 Å². The summed E-state index contributed by atoms with van der Waals surface area (Å²) in [4.78, 5) is 12.9. The zero-order valence-corrected chi connectivity index (χ0v) is 16.0. The predicted octanol–water partition coefficient (Wildman–Crippen LogP) is 2.60. The van der Waals surface area contributed by atoms with Crippen LogP contribution in [0.1, 0.15) is 18.4 Å². The van der Waals surface area contributed by atoms with Crippen LogP contribution >= 0.6 is 0 Å². The number of ether oxygens (including phenoxy) is 1. The number of halogens is 2. The number of nitrogens with one attached hydrogen (secondary N) is 1. The summed E-state index contributed by atoms with van der Waals surface area (Å²) >= 11 is 0. The van der Waals surface area contributed by atoms with E-state index in [1.54, 1.807) is 18.2 Å². The van der Waals surface area contributed by atoms with Gasteiger partial charge in [0.25, 0.3) is 0 Å². The first-order valence-electron chi connectivity index (χ1n) is 8.94. The number of carbonyl (C=O) groups excluding carboxylic acids is 1. The molecule has 0 atom stereocenters. The number of hydrogen-bond donors (Lipinski definition) is 1. The third-order valence-corrected chi connectivity index (χ3v) is 6.73. The second-order valence-corrected chi connectivity index (χ2v) is 8.81. The normalized spacial score (nSPS) is 16.5. The van der Waals surface area contributed by atoms with Gasteiger partial charge in [-0.25, -0.2) is 17.2 Å². The molecule has 3 rings (SSSR count). The minimum absolute atomic E-state index is 0.0157. The van der Waals surface area contributed by atoms with Crippen molar-refractivity contribution in [2.24, 2.45) is 0 Å². The van der Waals surface area contributed by atoms with Gasteiger partial charge in [0, 0.05) is 25.3 Å². The van der Waals surface area contributed by atoms with Crippen molar-refractivity contribution < 1.29 is 26.7 Å². The van der Waals surface area contributed by atoms with Gasteiger partial charge in [-0.15, -0.1) is 0 Å². The fourth-order valence-corrected chi connectivity index (χ4v) is 4.57. The summed E-state index contributed by atoms with van der Waals surface area (Å²) in [6.45, 7) is 0.501. The van der Waals surface area contributed by atoms with Crippen molar-refractivity contribution in [3.8, 4) is 0 Å². The molecule has 150 valence electrons. The number of benzene rings is 2. The molecule has 8 heteroatoms. The van der Waals surface area contributed by atoms with Crippen molar-refractivity contribution in [2.45, 2.75) is 23.2 Å². The molecule has 1 aliphatic heterocycles. The van der Waals surface area contributed by atoms with Crippen LogP contribution in [0, 0.1) is 11.6 Å². The predicted molar refractivity (Wildman–Crippen MR) is 99.6 cm³/mol. The lowest BCUT2D eigenvalue weighted by Gasteiger charge is -2.36. The fourth-order valence-electron chi connectivity index (χ4n) is 3.42. The van der Waals surface area contributed by atoms with E-state index in [9.17, 15) is 22.0 Å². The number of carbonyl (C=O) groups is 1. The lowest BCUT2D eigenvalue weighted by molar-refractivity contribution is -0.130. The first-order valence-corrected chi connectivity index (χ1v) is 10.6. The molecule has 0 spiro atoms. The zero-order valence-electron chi connectivity index (χ0n) is 15.2. The van der Waals surface area contributed by atoms with E-state index < -0.39 is 32.8 Å². The van der Waals surface area contributed by atoms with Gasteiger partial charge < -0.3 is 10.1 Å². The average Bonchev–Trinajstić information content (AvgIpc) is 2.69. The third kappa shape index (κ3) is 4.23. The highest BCUT2D eigenvalue weighted by Crippen LogP contribution is 2.36. The maximum atomic E-state index is 14.4.